The molecule has 7 heteroatoms. The molecular weight excluding hydrogens is 528 g/mol. The van der Waals surface area contributed by atoms with Gasteiger partial charge in [-0.1, -0.05) is 54.6 Å². The molecule has 200 valence electrons. The van der Waals surface area contributed by atoms with Crippen molar-refractivity contribution in [3.8, 4) is 11.3 Å². The first-order valence-corrected chi connectivity index (χ1v) is 13.5. The first kappa shape index (κ1) is 24.1. The molecule has 0 amide bonds. The zero-order chi connectivity index (χ0) is 28.2. The Morgan fingerprint density at radius 2 is 1.10 bits per heavy atom. The Labute approximate surface area is 238 Å². The van der Waals surface area contributed by atoms with Crippen molar-refractivity contribution in [3.05, 3.63) is 138 Å². The third-order valence-corrected chi connectivity index (χ3v) is 7.71. The van der Waals surface area contributed by atoms with Gasteiger partial charge >= 0.3 is 0 Å². The molecule has 0 aliphatic carbocycles. The van der Waals surface area contributed by atoms with Gasteiger partial charge < -0.3 is 0 Å². The van der Waals surface area contributed by atoms with Crippen LogP contribution in [0.1, 0.15) is 22.5 Å². The Bertz CT molecular complexity index is 2340. The number of nitrogens with zero attached hydrogens (tertiary/aromatic N) is 5. The zero-order valence-corrected chi connectivity index (χ0v) is 22.1. The molecule has 0 saturated carbocycles. The summed E-state index contributed by atoms with van der Waals surface area (Å²) in [5.41, 5.74) is 7.94. The van der Waals surface area contributed by atoms with E-state index in [0.717, 1.165) is 55.2 Å². The average molecular weight is 550 g/mol. The van der Waals surface area contributed by atoms with E-state index < -0.39 is 0 Å². The summed E-state index contributed by atoms with van der Waals surface area (Å²) in [4.78, 5) is 4.62. The van der Waals surface area contributed by atoms with E-state index >= 15 is 0 Å². The van der Waals surface area contributed by atoms with Gasteiger partial charge in [-0.3, -0.25) is 13.8 Å². The SMILES string of the molecule is Fc1cccc2c(/C=C/c3ccc4c(/C=C/c5c6ccccc6n6c(F)cccc56)nnc-4cn3)c3ccccc3n12. The number of hydrogen-bond acceptors (Lipinski definition) is 3. The number of rotatable bonds is 4. The number of halogens is 2. The lowest BCUT2D eigenvalue weighted by Crippen LogP contribution is -1.90. The van der Waals surface area contributed by atoms with E-state index in [0.29, 0.717) is 11.4 Å². The molecule has 0 unspecified atom stereocenters. The van der Waals surface area contributed by atoms with Crippen molar-refractivity contribution in [1.29, 1.82) is 0 Å². The fourth-order valence-corrected chi connectivity index (χ4v) is 5.81. The molecular formula is C35H21F2N5. The molecule has 6 heterocycles. The second-order valence-corrected chi connectivity index (χ2v) is 10.1. The summed E-state index contributed by atoms with van der Waals surface area (Å²) in [6.45, 7) is 0. The summed E-state index contributed by atoms with van der Waals surface area (Å²) in [7, 11) is 0. The molecule has 2 aliphatic rings. The Morgan fingerprint density at radius 1 is 0.524 bits per heavy atom. The Balaban J connectivity index is 1.18. The first-order valence-electron chi connectivity index (χ1n) is 13.5. The van der Waals surface area contributed by atoms with Gasteiger partial charge in [0.25, 0.3) is 0 Å². The topological polar surface area (TPSA) is 47.5 Å². The molecule has 42 heavy (non-hydrogen) atoms. The van der Waals surface area contributed by atoms with Crippen LogP contribution in [-0.2, 0) is 0 Å². The molecule has 2 aromatic carbocycles. The van der Waals surface area contributed by atoms with Crippen LogP contribution in [0.25, 0.3) is 68.4 Å². The van der Waals surface area contributed by atoms with Crippen LogP contribution in [0.3, 0.4) is 0 Å². The van der Waals surface area contributed by atoms with Crippen molar-refractivity contribution < 1.29 is 8.78 Å². The molecule has 8 rings (SSSR count). The minimum Gasteiger partial charge on any atom is -0.286 e. The lowest BCUT2D eigenvalue weighted by molar-refractivity contribution is 0.573. The molecule has 4 aromatic heterocycles. The molecule has 5 nitrogen and oxygen atoms in total. The Kier molecular flexibility index (Phi) is 5.43. The van der Waals surface area contributed by atoms with Crippen molar-refractivity contribution in [2.24, 2.45) is 0 Å². The van der Waals surface area contributed by atoms with E-state index in [9.17, 15) is 8.78 Å². The van der Waals surface area contributed by atoms with Crippen molar-refractivity contribution in [2.75, 3.05) is 0 Å². The monoisotopic (exact) mass is 549 g/mol. The van der Waals surface area contributed by atoms with E-state index in [1.807, 2.05) is 97.1 Å². The lowest BCUT2D eigenvalue weighted by Gasteiger charge is -1.98. The quantitative estimate of drug-likeness (QED) is 0.207. The largest absolute Gasteiger partial charge is 0.286 e. The predicted octanol–water partition coefficient (Wildman–Crippen LogP) is 8.41. The predicted molar refractivity (Wildman–Crippen MR) is 164 cm³/mol. The van der Waals surface area contributed by atoms with Crippen molar-refractivity contribution in [2.45, 2.75) is 0 Å². The van der Waals surface area contributed by atoms with E-state index in [2.05, 4.69) is 15.2 Å². The van der Waals surface area contributed by atoms with Crippen LogP contribution in [0.2, 0.25) is 0 Å². The van der Waals surface area contributed by atoms with Gasteiger partial charge in [-0.05, 0) is 66.8 Å². The fourth-order valence-electron chi connectivity index (χ4n) is 5.81. The minimum atomic E-state index is -0.313. The Hall–Kier alpha value is -5.69. The van der Waals surface area contributed by atoms with Crippen LogP contribution < -0.4 is 0 Å². The number of para-hydroxylation sites is 2. The van der Waals surface area contributed by atoms with Gasteiger partial charge in [0.2, 0.25) is 0 Å². The maximum Gasteiger partial charge on any atom is 0.198 e. The highest BCUT2D eigenvalue weighted by atomic mass is 19.1. The summed E-state index contributed by atoms with van der Waals surface area (Å²) < 4.78 is 32.7. The summed E-state index contributed by atoms with van der Waals surface area (Å²) in [6, 6.07) is 29.6. The first-order chi connectivity index (χ1) is 20.7. The number of pyridine rings is 2. The maximum absolute atomic E-state index is 14.7. The van der Waals surface area contributed by atoms with Crippen LogP contribution in [0.5, 0.6) is 0 Å². The van der Waals surface area contributed by atoms with Crippen LogP contribution in [0.4, 0.5) is 8.78 Å². The molecule has 6 aromatic rings. The standard InChI is InChI=1S/C35H21F2N5/c36-34-13-5-11-32-25(23-7-1-3-9-30(23)41(32)34)17-15-22-16-18-27-28(39-40-29(27)21-38-22)20-19-26-24-8-2-4-10-31(24)42-33(26)12-6-14-35(42)37/h1-21H/b17-15+,20-19+. The van der Waals surface area contributed by atoms with Crippen LogP contribution in [0, 0.1) is 11.9 Å². The number of hydrogen-bond donors (Lipinski definition) is 0. The Morgan fingerprint density at radius 3 is 1.74 bits per heavy atom. The second-order valence-electron chi connectivity index (χ2n) is 10.1. The zero-order valence-electron chi connectivity index (χ0n) is 22.1. The van der Waals surface area contributed by atoms with Gasteiger partial charge in [-0.15, -0.1) is 10.2 Å². The highest BCUT2D eigenvalue weighted by Crippen LogP contribution is 2.32. The summed E-state index contributed by atoms with van der Waals surface area (Å²) in [5.74, 6) is -0.621. The molecule has 0 spiro atoms. The summed E-state index contributed by atoms with van der Waals surface area (Å²) in [6.07, 6.45) is 9.46. The molecule has 0 radical (unpaired) electrons. The smallest absolute Gasteiger partial charge is 0.198 e. The number of aromatic nitrogens is 5. The third-order valence-electron chi connectivity index (χ3n) is 7.71. The van der Waals surface area contributed by atoms with E-state index in [-0.39, 0.29) is 11.9 Å². The molecule has 0 fully saturated rings. The lowest BCUT2D eigenvalue weighted by atomic mass is 10.1. The molecule has 0 bridgehead atoms. The van der Waals surface area contributed by atoms with Gasteiger partial charge in [0.05, 0.1) is 39.7 Å². The maximum atomic E-state index is 14.7. The molecule has 0 atom stereocenters. The van der Waals surface area contributed by atoms with Crippen molar-refractivity contribution in [3.63, 3.8) is 0 Å². The van der Waals surface area contributed by atoms with Crippen LogP contribution in [0.15, 0.2) is 103 Å². The van der Waals surface area contributed by atoms with Gasteiger partial charge in [0.15, 0.2) is 11.9 Å². The van der Waals surface area contributed by atoms with Gasteiger partial charge in [-0.25, -0.2) is 0 Å². The molecule has 0 N–H and O–H groups in total. The van der Waals surface area contributed by atoms with Crippen molar-refractivity contribution >= 4 is 57.1 Å². The average Bonchev–Trinajstić information content (AvgIpc) is 3.61. The van der Waals surface area contributed by atoms with E-state index in [1.165, 1.54) is 12.1 Å². The third kappa shape index (κ3) is 3.71. The normalized spacial score (nSPS) is 12.3. The number of fused-ring (bicyclic) bond motifs is 7. The molecule has 0 saturated heterocycles. The van der Waals surface area contributed by atoms with Gasteiger partial charge in [0.1, 0.15) is 5.69 Å². The fraction of sp³-hybridized carbons (Fsp3) is 0. The number of benzene rings is 2. The highest BCUT2D eigenvalue weighted by Gasteiger charge is 2.15. The van der Waals surface area contributed by atoms with E-state index in [1.54, 1.807) is 27.1 Å². The summed E-state index contributed by atoms with van der Waals surface area (Å²) >= 11 is 0. The minimum absolute atomic E-state index is 0.308. The van der Waals surface area contributed by atoms with E-state index in [4.69, 9.17) is 0 Å². The van der Waals surface area contributed by atoms with Gasteiger partial charge in [-0.2, -0.15) is 8.78 Å². The highest BCUT2D eigenvalue weighted by molar-refractivity contribution is 6.01. The second kappa shape index (κ2) is 9.45. The molecule has 2 aliphatic heterocycles. The summed E-state index contributed by atoms with van der Waals surface area (Å²) in [5, 5.41) is 10.6. The van der Waals surface area contributed by atoms with Crippen LogP contribution >= 0.6 is 0 Å². The van der Waals surface area contributed by atoms with Gasteiger partial charge in [0, 0.05) is 27.5 Å². The van der Waals surface area contributed by atoms with Crippen molar-refractivity contribution in [1.82, 2.24) is 24.0 Å². The van der Waals surface area contributed by atoms with Crippen LogP contribution in [-0.4, -0.2) is 24.0 Å².